The summed E-state index contributed by atoms with van der Waals surface area (Å²) >= 11 is 0. The van der Waals surface area contributed by atoms with Gasteiger partial charge in [-0.1, -0.05) is 6.42 Å². The molecule has 100 valence electrons. The summed E-state index contributed by atoms with van der Waals surface area (Å²) in [7, 11) is 6.52. The molecule has 0 aromatic heterocycles. The lowest BCUT2D eigenvalue weighted by Crippen LogP contribution is -2.43. The first-order valence-electron chi connectivity index (χ1n) is 7.26. The third-order valence-corrected chi connectivity index (χ3v) is 4.57. The Kier molecular flexibility index (Phi) is 4.83. The van der Waals surface area contributed by atoms with Gasteiger partial charge in [-0.15, -0.1) is 0 Å². The van der Waals surface area contributed by atoms with Gasteiger partial charge < -0.3 is 10.2 Å². The lowest BCUT2D eigenvalue weighted by Gasteiger charge is -2.31. The quantitative estimate of drug-likeness (QED) is 0.782. The topological polar surface area (TPSA) is 18.5 Å². The average molecular weight is 239 g/mol. The fourth-order valence-corrected chi connectivity index (χ4v) is 3.70. The number of hydrogen-bond acceptors (Lipinski definition) is 3. The Morgan fingerprint density at radius 2 is 2.00 bits per heavy atom. The van der Waals surface area contributed by atoms with Crippen molar-refractivity contribution in [2.45, 2.75) is 44.2 Å². The van der Waals surface area contributed by atoms with Gasteiger partial charge in [-0.05, 0) is 59.3 Å². The van der Waals surface area contributed by atoms with Crippen LogP contribution in [-0.2, 0) is 0 Å². The van der Waals surface area contributed by atoms with Crippen molar-refractivity contribution in [1.29, 1.82) is 0 Å². The van der Waals surface area contributed by atoms with Crippen molar-refractivity contribution < 1.29 is 0 Å². The molecular weight excluding hydrogens is 210 g/mol. The summed E-state index contributed by atoms with van der Waals surface area (Å²) in [6, 6.07) is 1.58. The SMILES string of the molecule is CNC1CCCC1CN1CCCC1CN(C)C. The lowest BCUT2D eigenvalue weighted by atomic mass is 10.0. The maximum atomic E-state index is 3.51. The highest BCUT2D eigenvalue weighted by Gasteiger charge is 2.32. The molecule has 1 aliphatic heterocycles. The average Bonchev–Trinajstić information content (AvgIpc) is 2.88. The molecule has 1 heterocycles. The van der Waals surface area contributed by atoms with Gasteiger partial charge >= 0.3 is 0 Å². The summed E-state index contributed by atoms with van der Waals surface area (Å²) < 4.78 is 0. The van der Waals surface area contributed by atoms with Gasteiger partial charge in [0.1, 0.15) is 0 Å². The molecule has 0 radical (unpaired) electrons. The first-order valence-corrected chi connectivity index (χ1v) is 7.26. The van der Waals surface area contributed by atoms with Gasteiger partial charge in [0.15, 0.2) is 0 Å². The number of rotatable bonds is 5. The van der Waals surface area contributed by atoms with Gasteiger partial charge in [0.25, 0.3) is 0 Å². The zero-order chi connectivity index (χ0) is 12.3. The Hall–Kier alpha value is -0.120. The van der Waals surface area contributed by atoms with Crippen LogP contribution in [0.3, 0.4) is 0 Å². The van der Waals surface area contributed by atoms with E-state index in [1.807, 2.05) is 0 Å². The Bertz CT molecular complexity index is 230. The van der Waals surface area contributed by atoms with Crippen molar-refractivity contribution in [3.05, 3.63) is 0 Å². The van der Waals surface area contributed by atoms with E-state index in [1.54, 1.807) is 0 Å². The molecule has 2 aliphatic rings. The van der Waals surface area contributed by atoms with E-state index in [-0.39, 0.29) is 0 Å². The van der Waals surface area contributed by atoms with Crippen LogP contribution in [0, 0.1) is 5.92 Å². The van der Waals surface area contributed by atoms with Crippen molar-refractivity contribution in [2.24, 2.45) is 5.92 Å². The van der Waals surface area contributed by atoms with Crippen molar-refractivity contribution in [2.75, 3.05) is 40.8 Å². The fraction of sp³-hybridized carbons (Fsp3) is 1.00. The van der Waals surface area contributed by atoms with Gasteiger partial charge in [0.05, 0.1) is 0 Å². The molecule has 2 fully saturated rings. The molecule has 0 aromatic rings. The molecule has 1 saturated carbocycles. The lowest BCUT2D eigenvalue weighted by molar-refractivity contribution is 0.173. The molecule has 3 nitrogen and oxygen atoms in total. The zero-order valence-electron chi connectivity index (χ0n) is 11.8. The van der Waals surface area contributed by atoms with Crippen LogP contribution in [0.2, 0.25) is 0 Å². The number of nitrogens with zero attached hydrogens (tertiary/aromatic N) is 2. The molecule has 0 aromatic carbocycles. The van der Waals surface area contributed by atoms with Crippen LogP contribution in [0.1, 0.15) is 32.1 Å². The molecule has 17 heavy (non-hydrogen) atoms. The second-order valence-corrected chi connectivity index (χ2v) is 6.14. The predicted octanol–water partition coefficient (Wildman–Crippen LogP) is 1.40. The van der Waals surface area contributed by atoms with Gasteiger partial charge in [-0.3, -0.25) is 4.90 Å². The standard InChI is InChI=1S/C14H29N3/c1-15-14-8-4-6-12(14)10-17-9-5-7-13(17)11-16(2)3/h12-15H,4-11H2,1-3H3. The molecule has 3 atom stereocenters. The number of likely N-dealkylation sites (N-methyl/N-ethyl adjacent to an activating group) is 1. The van der Waals surface area contributed by atoms with E-state index in [4.69, 9.17) is 0 Å². The van der Waals surface area contributed by atoms with E-state index in [2.05, 4.69) is 36.3 Å². The van der Waals surface area contributed by atoms with Crippen molar-refractivity contribution in [3.63, 3.8) is 0 Å². The van der Waals surface area contributed by atoms with Gasteiger partial charge in [0, 0.05) is 25.2 Å². The minimum Gasteiger partial charge on any atom is -0.317 e. The zero-order valence-corrected chi connectivity index (χ0v) is 11.8. The highest BCUT2D eigenvalue weighted by atomic mass is 15.2. The predicted molar refractivity (Wildman–Crippen MR) is 73.3 cm³/mol. The number of hydrogen-bond donors (Lipinski definition) is 1. The number of likely N-dealkylation sites (tertiary alicyclic amines) is 1. The third kappa shape index (κ3) is 3.43. The van der Waals surface area contributed by atoms with E-state index >= 15 is 0 Å². The third-order valence-electron chi connectivity index (χ3n) is 4.57. The van der Waals surface area contributed by atoms with Gasteiger partial charge in [-0.25, -0.2) is 0 Å². The Balaban J connectivity index is 1.84. The summed E-state index contributed by atoms with van der Waals surface area (Å²) in [5.74, 6) is 0.891. The van der Waals surface area contributed by atoms with E-state index in [0.717, 1.165) is 18.0 Å². The molecule has 1 aliphatic carbocycles. The van der Waals surface area contributed by atoms with Crippen LogP contribution in [0.15, 0.2) is 0 Å². The molecule has 0 amide bonds. The van der Waals surface area contributed by atoms with Crippen LogP contribution in [0.4, 0.5) is 0 Å². The van der Waals surface area contributed by atoms with Crippen molar-refractivity contribution in [1.82, 2.24) is 15.1 Å². The molecule has 2 rings (SSSR count). The molecule has 1 N–H and O–H groups in total. The van der Waals surface area contributed by atoms with Crippen LogP contribution in [0.5, 0.6) is 0 Å². The second kappa shape index (κ2) is 6.17. The van der Waals surface area contributed by atoms with Crippen LogP contribution in [0.25, 0.3) is 0 Å². The van der Waals surface area contributed by atoms with Crippen LogP contribution >= 0.6 is 0 Å². The minimum absolute atomic E-state index is 0.774. The second-order valence-electron chi connectivity index (χ2n) is 6.14. The molecular formula is C14H29N3. The summed E-state index contributed by atoms with van der Waals surface area (Å²) in [4.78, 5) is 5.09. The Labute approximate surface area is 107 Å². The maximum Gasteiger partial charge on any atom is 0.0223 e. The highest BCUT2D eigenvalue weighted by molar-refractivity contribution is 4.88. The first kappa shape index (κ1) is 13.3. The van der Waals surface area contributed by atoms with Crippen LogP contribution < -0.4 is 5.32 Å². The summed E-state index contributed by atoms with van der Waals surface area (Å²) in [6.45, 7) is 3.88. The van der Waals surface area contributed by atoms with E-state index < -0.39 is 0 Å². The van der Waals surface area contributed by atoms with Gasteiger partial charge in [0.2, 0.25) is 0 Å². The monoisotopic (exact) mass is 239 g/mol. The fourth-order valence-electron chi connectivity index (χ4n) is 3.70. The summed E-state index contributed by atoms with van der Waals surface area (Å²) in [6.07, 6.45) is 7.02. The largest absolute Gasteiger partial charge is 0.317 e. The summed E-state index contributed by atoms with van der Waals surface area (Å²) in [5, 5.41) is 3.51. The molecule has 0 bridgehead atoms. The Morgan fingerprint density at radius 3 is 2.71 bits per heavy atom. The van der Waals surface area contributed by atoms with E-state index in [0.29, 0.717) is 0 Å². The van der Waals surface area contributed by atoms with Gasteiger partial charge in [-0.2, -0.15) is 0 Å². The van der Waals surface area contributed by atoms with E-state index in [9.17, 15) is 0 Å². The first-order chi connectivity index (χ1) is 8.20. The van der Waals surface area contributed by atoms with Crippen molar-refractivity contribution in [3.8, 4) is 0 Å². The van der Waals surface area contributed by atoms with Crippen molar-refractivity contribution >= 4 is 0 Å². The highest BCUT2D eigenvalue weighted by Crippen LogP contribution is 2.29. The normalized spacial score (nSPS) is 34.9. The maximum absolute atomic E-state index is 3.51. The molecule has 3 unspecified atom stereocenters. The minimum atomic E-state index is 0.774. The smallest absolute Gasteiger partial charge is 0.0223 e. The molecule has 3 heteroatoms. The van der Waals surface area contributed by atoms with Crippen LogP contribution in [-0.4, -0.2) is 62.7 Å². The molecule has 1 saturated heterocycles. The number of nitrogens with one attached hydrogen (secondary N) is 1. The Morgan fingerprint density at radius 1 is 1.18 bits per heavy atom. The summed E-state index contributed by atoms with van der Waals surface area (Å²) in [5.41, 5.74) is 0. The molecule has 0 spiro atoms. The van der Waals surface area contributed by atoms with E-state index in [1.165, 1.54) is 51.7 Å².